The number of rotatable bonds is 5. The van der Waals surface area contributed by atoms with E-state index in [0.29, 0.717) is 18.5 Å². The van der Waals surface area contributed by atoms with Crippen LogP contribution in [0.15, 0.2) is 0 Å². The fourth-order valence-electron chi connectivity index (χ4n) is 3.96. The molecule has 4 heteroatoms. The van der Waals surface area contributed by atoms with Gasteiger partial charge in [0.25, 0.3) is 0 Å². The number of nitrogens with zero attached hydrogens (tertiary/aromatic N) is 1. The molecule has 0 bridgehead atoms. The molecule has 3 rings (SSSR count). The summed E-state index contributed by atoms with van der Waals surface area (Å²) in [6, 6.07) is 0. The van der Waals surface area contributed by atoms with Gasteiger partial charge in [0.05, 0.1) is 5.92 Å². The van der Waals surface area contributed by atoms with E-state index in [1.54, 1.807) is 0 Å². The Morgan fingerprint density at radius 3 is 2.16 bits per heavy atom. The molecule has 1 heterocycles. The molecule has 0 aromatic heterocycles. The zero-order chi connectivity index (χ0) is 13.8. The van der Waals surface area contributed by atoms with Gasteiger partial charge >= 0.3 is 6.18 Å². The van der Waals surface area contributed by atoms with Crippen LogP contribution in [0, 0.1) is 29.1 Å². The van der Waals surface area contributed by atoms with Gasteiger partial charge < -0.3 is 4.90 Å². The number of hydrogen-bond acceptors (Lipinski definition) is 1. The van der Waals surface area contributed by atoms with E-state index >= 15 is 0 Å². The lowest BCUT2D eigenvalue weighted by atomic mass is 9.94. The van der Waals surface area contributed by atoms with Gasteiger partial charge in [0.15, 0.2) is 0 Å². The number of fused-ring (bicyclic) bond motifs is 1. The Morgan fingerprint density at radius 1 is 1.16 bits per heavy atom. The van der Waals surface area contributed by atoms with Crippen LogP contribution in [0.5, 0.6) is 0 Å². The highest BCUT2D eigenvalue weighted by atomic mass is 19.4. The van der Waals surface area contributed by atoms with Gasteiger partial charge in [-0.1, -0.05) is 20.3 Å². The minimum Gasteiger partial charge on any atom is -0.302 e. The Kier molecular flexibility index (Phi) is 3.16. The molecule has 3 aliphatic rings. The third-order valence-electron chi connectivity index (χ3n) is 5.42. The Labute approximate surface area is 113 Å². The van der Waals surface area contributed by atoms with Gasteiger partial charge in [-0.05, 0) is 42.4 Å². The zero-order valence-corrected chi connectivity index (χ0v) is 11.8. The maximum atomic E-state index is 12.6. The predicted molar refractivity (Wildman–Crippen MR) is 68.7 cm³/mol. The Bertz CT molecular complexity index is 334. The summed E-state index contributed by atoms with van der Waals surface area (Å²) in [5, 5.41) is 0. The second kappa shape index (κ2) is 4.37. The van der Waals surface area contributed by atoms with Crippen LogP contribution < -0.4 is 0 Å². The number of halogens is 3. The summed E-state index contributed by atoms with van der Waals surface area (Å²) in [6.45, 7) is 6.93. The van der Waals surface area contributed by atoms with Crippen LogP contribution in [-0.2, 0) is 0 Å². The molecule has 0 aromatic carbocycles. The highest BCUT2D eigenvalue weighted by Crippen LogP contribution is 2.60. The molecule has 2 saturated carbocycles. The first-order valence-corrected chi connectivity index (χ1v) is 7.60. The molecule has 0 aromatic rings. The minimum atomic E-state index is -3.95. The van der Waals surface area contributed by atoms with E-state index in [9.17, 15) is 13.2 Å². The molecule has 1 nitrogen and oxygen atoms in total. The van der Waals surface area contributed by atoms with Gasteiger partial charge in [0.2, 0.25) is 0 Å². The lowest BCUT2D eigenvalue weighted by molar-refractivity contribution is -0.157. The van der Waals surface area contributed by atoms with Crippen molar-refractivity contribution >= 4 is 0 Å². The van der Waals surface area contributed by atoms with Crippen molar-refractivity contribution in [3.63, 3.8) is 0 Å². The van der Waals surface area contributed by atoms with Gasteiger partial charge in [-0.3, -0.25) is 0 Å². The second-order valence-electron chi connectivity index (χ2n) is 7.52. The van der Waals surface area contributed by atoms with Crippen molar-refractivity contribution in [2.75, 3.05) is 19.6 Å². The minimum absolute atomic E-state index is 0.0825. The third-order valence-corrected chi connectivity index (χ3v) is 5.42. The summed E-state index contributed by atoms with van der Waals surface area (Å²) in [5.41, 5.74) is 0.467. The van der Waals surface area contributed by atoms with Crippen LogP contribution in [0.25, 0.3) is 0 Å². The molecule has 0 radical (unpaired) electrons. The fourth-order valence-corrected chi connectivity index (χ4v) is 3.96. The summed E-state index contributed by atoms with van der Waals surface area (Å²) in [7, 11) is 0. The largest absolute Gasteiger partial charge is 0.392 e. The van der Waals surface area contributed by atoms with E-state index in [-0.39, 0.29) is 11.8 Å². The molecule has 3 fully saturated rings. The van der Waals surface area contributed by atoms with Crippen molar-refractivity contribution in [3.05, 3.63) is 0 Å². The molecule has 2 aliphatic carbocycles. The Morgan fingerprint density at radius 2 is 1.74 bits per heavy atom. The second-order valence-corrected chi connectivity index (χ2v) is 7.52. The zero-order valence-electron chi connectivity index (χ0n) is 11.8. The van der Waals surface area contributed by atoms with Gasteiger partial charge in [-0.15, -0.1) is 0 Å². The van der Waals surface area contributed by atoms with Crippen LogP contribution in [0.4, 0.5) is 13.2 Å². The quantitative estimate of drug-likeness (QED) is 0.734. The summed E-state index contributed by atoms with van der Waals surface area (Å²) < 4.78 is 37.9. The standard InChI is InChI=1S/C15H24F3N/c1-10(2)3-4-14(5-6-14)9-19-7-11-12(8-19)13(11)15(16,17)18/h10-13H,3-9H2,1-2H3. The average Bonchev–Trinajstić information content (AvgIpc) is 3.14. The third kappa shape index (κ3) is 2.79. The lowest BCUT2D eigenvalue weighted by Crippen LogP contribution is -2.33. The van der Waals surface area contributed by atoms with Gasteiger partial charge in [0.1, 0.15) is 0 Å². The maximum absolute atomic E-state index is 12.6. The highest BCUT2D eigenvalue weighted by molar-refractivity contribution is 5.09. The van der Waals surface area contributed by atoms with Crippen LogP contribution in [0.2, 0.25) is 0 Å². The van der Waals surface area contributed by atoms with Crippen molar-refractivity contribution in [1.29, 1.82) is 0 Å². The predicted octanol–water partition coefficient (Wildman–Crippen LogP) is 3.94. The van der Waals surface area contributed by atoms with E-state index in [1.807, 2.05) is 0 Å². The molecule has 19 heavy (non-hydrogen) atoms. The normalized spacial score (nSPS) is 36.6. The summed E-state index contributed by atoms with van der Waals surface area (Å²) >= 11 is 0. The van der Waals surface area contributed by atoms with Crippen LogP contribution in [-0.4, -0.2) is 30.7 Å². The first kappa shape index (κ1) is 13.7. The topological polar surface area (TPSA) is 3.24 Å². The molecule has 0 N–H and O–H groups in total. The number of piperidine rings is 1. The molecule has 2 unspecified atom stereocenters. The molecule has 0 spiro atoms. The summed E-state index contributed by atoms with van der Waals surface area (Å²) in [5.74, 6) is -0.407. The first-order valence-electron chi connectivity index (χ1n) is 7.60. The lowest BCUT2D eigenvalue weighted by Gasteiger charge is -2.26. The summed E-state index contributed by atoms with van der Waals surface area (Å²) in [6.07, 6.45) is 1.14. The molecule has 0 amide bonds. The van der Waals surface area contributed by atoms with Crippen LogP contribution >= 0.6 is 0 Å². The summed E-state index contributed by atoms with van der Waals surface area (Å²) in [4.78, 5) is 2.31. The van der Waals surface area contributed by atoms with Crippen molar-refractivity contribution in [2.45, 2.75) is 45.7 Å². The number of hydrogen-bond donors (Lipinski definition) is 0. The molecule has 110 valence electrons. The highest BCUT2D eigenvalue weighted by Gasteiger charge is 2.67. The van der Waals surface area contributed by atoms with E-state index < -0.39 is 12.1 Å². The van der Waals surface area contributed by atoms with E-state index in [4.69, 9.17) is 0 Å². The molecular weight excluding hydrogens is 251 g/mol. The van der Waals surface area contributed by atoms with E-state index in [0.717, 1.165) is 12.5 Å². The van der Waals surface area contributed by atoms with Crippen molar-refractivity contribution < 1.29 is 13.2 Å². The van der Waals surface area contributed by atoms with Crippen molar-refractivity contribution in [2.24, 2.45) is 29.1 Å². The SMILES string of the molecule is CC(C)CCC1(CN2CC3C(C2)C3C(F)(F)F)CC1. The van der Waals surface area contributed by atoms with Gasteiger partial charge in [-0.2, -0.15) is 13.2 Å². The first-order chi connectivity index (χ1) is 8.81. The Balaban J connectivity index is 1.45. The smallest absolute Gasteiger partial charge is 0.302 e. The number of likely N-dealkylation sites (tertiary alicyclic amines) is 1. The fraction of sp³-hybridized carbons (Fsp3) is 1.00. The molecule has 2 atom stereocenters. The van der Waals surface area contributed by atoms with Gasteiger partial charge in [0, 0.05) is 19.6 Å². The average molecular weight is 275 g/mol. The monoisotopic (exact) mass is 275 g/mol. The molecule has 1 aliphatic heterocycles. The van der Waals surface area contributed by atoms with Crippen molar-refractivity contribution in [3.8, 4) is 0 Å². The van der Waals surface area contributed by atoms with Crippen LogP contribution in [0.3, 0.4) is 0 Å². The number of alkyl halides is 3. The van der Waals surface area contributed by atoms with Gasteiger partial charge in [-0.25, -0.2) is 0 Å². The maximum Gasteiger partial charge on any atom is 0.392 e. The molecule has 1 saturated heterocycles. The van der Waals surface area contributed by atoms with Crippen LogP contribution in [0.1, 0.15) is 39.5 Å². The van der Waals surface area contributed by atoms with Crippen molar-refractivity contribution in [1.82, 2.24) is 4.90 Å². The van der Waals surface area contributed by atoms with E-state index in [2.05, 4.69) is 18.7 Å². The Hall–Kier alpha value is -0.250. The molecular formula is C15H24F3N. The van der Waals surface area contributed by atoms with E-state index in [1.165, 1.54) is 25.7 Å².